The Kier molecular flexibility index (Phi) is 6.24. The molecular weight excluding hydrogens is 444 g/mol. The topological polar surface area (TPSA) is 63.4 Å². The maximum Gasteiger partial charge on any atom is 0.236 e. The van der Waals surface area contributed by atoms with Crippen LogP contribution < -0.4 is 4.90 Å². The predicted molar refractivity (Wildman–Crippen MR) is 134 cm³/mol. The highest BCUT2D eigenvalue weighted by Gasteiger charge is 2.33. The standard InChI is InChI=1S/C28H28N2O3S/c1-21-9-8-12-24(19-21)26-29-27(34(31,32)25-13-6-3-7-14-25)28(33-26)30-17-15-23(16-18-30)20-22-10-4-2-5-11-22/h2-14,19,23H,15-18,20H2,1H3. The third-order valence-electron chi connectivity index (χ3n) is 6.42. The van der Waals surface area contributed by atoms with Gasteiger partial charge in [0.15, 0.2) is 0 Å². The van der Waals surface area contributed by atoms with Gasteiger partial charge < -0.3 is 9.32 Å². The molecule has 0 spiro atoms. The van der Waals surface area contributed by atoms with Crippen molar-refractivity contribution in [1.82, 2.24) is 4.98 Å². The minimum Gasteiger partial charge on any atom is -0.419 e. The van der Waals surface area contributed by atoms with E-state index in [0.29, 0.717) is 17.7 Å². The molecule has 0 unspecified atom stereocenters. The van der Waals surface area contributed by atoms with Crippen LogP contribution in [0, 0.1) is 12.8 Å². The van der Waals surface area contributed by atoms with Crippen LogP contribution in [0.3, 0.4) is 0 Å². The molecule has 0 radical (unpaired) electrons. The predicted octanol–water partition coefficient (Wildman–Crippen LogP) is 5.94. The lowest BCUT2D eigenvalue weighted by Crippen LogP contribution is -2.34. The number of aromatic nitrogens is 1. The van der Waals surface area contributed by atoms with E-state index in [0.717, 1.165) is 43.5 Å². The average molecular weight is 473 g/mol. The van der Waals surface area contributed by atoms with Crippen molar-refractivity contribution in [3.05, 3.63) is 96.1 Å². The van der Waals surface area contributed by atoms with Crippen LogP contribution in [-0.2, 0) is 16.3 Å². The molecule has 0 bridgehead atoms. The summed E-state index contributed by atoms with van der Waals surface area (Å²) >= 11 is 0. The summed E-state index contributed by atoms with van der Waals surface area (Å²) in [6.07, 6.45) is 2.98. The van der Waals surface area contributed by atoms with Crippen molar-refractivity contribution < 1.29 is 12.8 Å². The summed E-state index contributed by atoms with van der Waals surface area (Å²) in [5, 5.41) is -0.00304. The van der Waals surface area contributed by atoms with E-state index in [9.17, 15) is 8.42 Å². The van der Waals surface area contributed by atoms with Crippen molar-refractivity contribution in [3.63, 3.8) is 0 Å². The van der Waals surface area contributed by atoms with Gasteiger partial charge in [0, 0.05) is 18.7 Å². The second-order valence-electron chi connectivity index (χ2n) is 8.94. The van der Waals surface area contributed by atoms with Gasteiger partial charge in [-0.05, 0) is 61.9 Å². The summed E-state index contributed by atoms with van der Waals surface area (Å²) in [7, 11) is -3.82. The average Bonchev–Trinajstić information content (AvgIpc) is 3.32. The Hall–Kier alpha value is -3.38. The molecule has 5 nitrogen and oxygen atoms in total. The molecule has 5 rings (SSSR count). The third kappa shape index (κ3) is 4.64. The second-order valence-corrected chi connectivity index (χ2v) is 10.8. The SMILES string of the molecule is Cc1cccc(-c2nc(S(=O)(=O)c3ccccc3)c(N3CCC(Cc4ccccc4)CC3)o2)c1. The highest BCUT2D eigenvalue weighted by Crippen LogP contribution is 2.37. The van der Waals surface area contributed by atoms with Crippen LogP contribution in [-0.4, -0.2) is 26.5 Å². The van der Waals surface area contributed by atoms with Crippen LogP contribution in [0.25, 0.3) is 11.5 Å². The minimum atomic E-state index is -3.82. The van der Waals surface area contributed by atoms with Crippen molar-refractivity contribution in [2.45, 2.75) is 36.1 Å². The normalized spacial score (nSPS) is 14.9. The molecule has 2 heterocycles. The molecular formula is C28H28N2O3S. The van der Waals surface area contributed by atoms with E-state index < -0.39 is 9.84 Å². The molecule has 1 aliphatic heterocycles. The Labute approximate surface area is 201 Å². The first kappa shape index (κ1) is 22.4. The first-order valence-electron chi connectivity index (χ1n) is 11.7. The molecule has 174 valence electrons. The fourth-order valence-corrected chi connectivity index (χ4v) is 5.92. The highest BCUT2D eigenvalue weighted by atomic mass is 32.2. The van der Waals surface area contributed by atoms with Crippen molar-refractivity contribution in [3.8, 4) is 11.5 Å². The van der Waals surface area contributed by atoms with Gasteiger partial charge in [0.25, 0.3) is 0 Å². The molecule has 1 aromatic heterocycles. The largest absolute Gasteiger partial charge is 0.419 e. The van der Waals surface area contributed by atoms with E-state index in [-0.39, 0.29) is 9.92 Å². The number of sulfone groups is 1. The van der Waals surface area contributed by atoms with Crippen molar-refractivity contribution in [2.75, 3.05) is 18.0 Å². The lowest BCUT2D eigenvalue weighted by atomic mass is 9.90. The highest BCUT2D eigenvalue weighted by molar-refractivity contribution is 7.91. The maximum absolute atomic E-state index is 13.6. The number of piperidine rings is 1. The molecule has 0 atom stereocenters. The molecule has 4 aromatic rings. The van der Waals surface area contributed by atoms with Gasteiger partial charge >= 0.3 is 0 Å². The van der Waals surface area contributed by atoms with Crippen LogP contribution in [0.1, 0.15) is 24.0 Å². The fourth-order valence-electron chi connectivity index (χ4n) is 4.57. The maximum atomic E-state index is 13.6. The molecule has 6 heteroatoms. The van der Waals surface area contributed by atoms with Crippen LogP contribution in [0.15, 0.2) is 99.3 Å². The molecule has 34 heavy (non-hydrogen) atoms. The van der Waals surface area contributed by atoms with Gasteiger partial charge in [-0.25, -0.2) is 8.42 Å². The summed E-state index contributed by atoms with van der Waals surface area (Å²) in [4.78, 5) is 6.80. The van der Waals surface area contributed by atoms with Gasteiger partial charge in [0.1, 0.15) is 0 Å². The zero-order valence-corrected chi connectivity index (χ0v) is 20.0. The van der Waals surface area contributed by atoms with E-state index in [4.69, 9.17) is 4.42 Å². The molecule has 1 aliphatic rings. The second kappa shape index (κ2) is 9.47. The van der Waals surface area contributed by atoms with Gasteiger partial charge in [-0.2, -0.15) is 4.98 Å². The quantitative estimate of drug-likeness (QED) is 0.347. The zero-order valence-electron chi connectivity index (χ0n) is 19.2. The smallest absolute Gasteiger partial charge is 0.236 e. The van der Waals surface area contributed by atoms with Crippen LogP contribution in [0.2, 0.25) is 0 Å². The first-order chi connectivity index (χ1) is 16.5. The summed E-state index contributed by atoms with van der Waals surface area (Å²) in [5.74, 6) is 1.24. The summed E-state index contributed by atoms with van der Waals surface area (Å²) < 4.78 is 33.3. The van der Waals surface area contributed by atoms with E-state index >= 15 is 0 Å². The number of anilines is 1. The molecule has 0 amide bonds. The molecule has 1 fully saturated rings. The number of nitrogens with zero attached hydrogens (tertiary/aromatic N) is 2. The third-order valence-corrected chi connectivity index (χ3v) is 8.09. The van der Waals surface area contributed by atoms with E-state index in [2.05, 4.69) is 29.2 Å². The Morgan fingerprint density at radius 3 is 2.26 bits per heavy atom. The lowest BCUT2D eigenvalue weighted by molar-refractivity contribution is 0.387. The molecule has 0 aliphatic carbocycles. The molecule has 0 N–H and O–H groups in total. The molecule has 3 aromatic carbocycles. The summed E-state index contributed by atoms with van der Waals surface area (Å²) in [6, 6.07) is 26.8. The van der Waals surface area contributed by atoms with Crippen molar-refractivity contribution >= 4 is 15.7 Å². The number of aryl methyl sites for hydroxylation is 1. The number of benzene rings is 3. The minimum absolute atomic E-state index is 0.00304. The van der Waals surface area contributed by atoms with Crippen LogP contribution in [0.4, 0.5) is 5.88 Å². The molecule has 1 saturated heterocycles. The Morgan fingerprint density at radius 1 is 0.912 bits per heavy atom. The summed E-state index contributed by atoms with van der Waals surface area (Å²) in [6.45, 7) is 3.46. The Morgan fingerprint density at radius 2 is 1.59 bits per heavy atom. The summed E-state index contributed by atoms with van der Waals surface area (Å²) in [5.41, 5.74) is 3.18. The van der Waals surface area contributed by atoms with Gasteiger partial charge in [0.2, 0.25) is 26.6 Å². The van der Waals surface area contributed by atoms with Crippen molar-refractivity contribution in [1.29, 1.82) is 0 Å². The van der Waals surface area contributed by atoms with E-state index in [1.165, 1.54) is 5.56 Å². The monoisotopic (exact) mass is 472 g/mol. The number of hydrogen-bond acceptors (Lipinski definition) is 5. The Bertz CT molecular complexity index is 1360. The Balaban J connectivity index is 1.46. The number of oxazole rings is 1. The first-order valence-corrected chi connectivity index (χ1v) is 13.2. The van der Waals surface area contributed by atoms with Gasteiger partial charge in [0.05, 0.1) is 4.90 Å². The van der Waals surface area contributed by atoms with Gasteiger partial charge in [-0.15, -0.1) is 0 Å². The fraction of sp³-hybridized carbons (Fsp3) is 0.250. The van der Waals surface area contributed by atoms with Crippen LogP contribution in [0.5, 0.6) is 0 Å². The lowest BCUT2D eigenvalue weighted by Gasteiger charge is -2.32. The van der Waals surface area contributed by atoms with Crippen LogP contribution >= 0.6 is 0 Å². The molecule has 0 saturated carbocycles. The van der Waals surface area contributed by atoms with E-state index in [1.807, 2.05) is 42.2 Å². The van der Waals surface area contributed by atoms with Crippen molar-refractivity contribution in [2.24, 2.45) is 5.92 Å². The zero-order chi connectivity index (χ0) is 23.5. The van der Waals surface area contributed by atoms with E-state index in [1.54, 1.807) is 30.3 Å². The van der Waals surface area contributed by atoms with Gasteiger partial charge in [-0.3, -0.25) is 0 Å². The van der Waals surface area contributed by atoms with Gasteiger partial charge in [-0.1, -0.05) is 66.2 Å². The number of hydrogen-bond donors (Lipinski definition) is 0. The number of rotatable bonds is 6.